The molecule has 2 aromatic carbocycles. The molecule has 94 valence electrons. The first kappa shape index (κ1) is 13.1. The minimum absolute atomic E-state index is 0.00724. The fourth-order valence-corrected chi connectivity index (χ4v) is 2.05. The maximum Gasteiger partial charge on any atom is 0.0669 e. The zero-order valence-corrected chi connectivity index (χ0v) is 10.6. The van der Waals surface area contributed by atoms with Gasteiger partial charge >= 0.3 is 0 Å². The van der Waals surface area contributed by atoms with Crippen molar-refractivity contribution in [1.29, 1.82) is 5.26 Å². The van der Waals surface area contributed by atoms with Crippen molar-refractivity contribution in [2.24, 2.45) is 0 Å². The Labute approximate surface area is 113 Å². The lowest BCUT2D eigenvalue weighted by atomic mass is 9.96. The zero-order chi connectivity index (χ0) is 13.5. The molecule has 0 saturated carbocycles. The number of aliphatic hydroxyl groups excluding tert-OH is 1. The Kier molecular flexibility index (Phi) is 4.49. The molecule has 0 radical (unpaired) electrons. The molecule has 19 heavy (non-hydrogen) atoms. The largest absolute Gasteiger partial charge is 0.392 e. The Balaban J connectivity index is 2.44. The van der Waals surface area contributed by atoms with Crippen LogP contribution in [0.25, 0.3) is 5.57 Å². The van der Waals surface area contributed by atoms with Crippen LogP contribution in [0.15, 0.2) is 60.7 Å². The second-order valence-corrected chi connectivity index (χ2v) is 4.20. The zero-order valence-electron chi connectivity index (χ0n) is 10.6. The minimum Gasteiger partial charge on any atom is -0.392 e. The molecule has 2 nitrogen and oxygen atoms in total. The van der Waals surface area contributed by atoms with Crippen LogP contribution in [0.5, 0.6) is 0 Å². The molecule has 0 aliphatic carbocycles. The fourth-order valence-electron chi connectivity index (χ4n) is 2.05. The van der Waals surface area contributed by atoms with Gasteiger partial charge < -0.3 is 5.11 Å². The van der Waals surface area contributed by atoms with Crippen LogP contribution in [-0.4, -0.2) is 11.7 Å². The quantitative estimate of drug-likeness (QED) is 0.904. The maximum atomic E-state index is 9.20. The van der Waals surface area contributed by atoms with E-state index in [-0.39, 0.29) is 6.61 Å². The lowest BCUT2D eigenvalue weighted by molar-refractivity contribution is 0.343. The van der Waals surface area contributed by atoms with E-state index in [0.717, 1.165) is 22.3 Å². The second kappa shape index (κ2) is 6.53. The van der Waals surface area contributed by atoms with Gasteiger partial charge in [0.05, 0.1) is 19.1 Å². The summed E-state index contributed by atoms with van der Waals surface area (Å²) in [6.07, 6.45) is 2.19. The van der Waals surface area contributed by atoms with Crippen LogP contribution >= 0.6 is 0 Å². The smallest absolute Gasteiger partial charge is 0.0669 e. The number of aliphatic hydroxyl groups is 1. The van der Waals surface area contributed by atoms with E-state index in [1.165, 1.54) is 0 Å². The van der Waals surface area contributed by atoms with Crippen LogP contribution in [0.3, 0.4) is 0 Å². The summed E-state index contributed by atoms with van der Waals surface area (Å²) in [5.74, 6) is 0. The van der Waals surface area contributed by atoms with Crippen molar-refractivity contribution in [3.63, 3.8) is 0 Å². The van der Waals surface area contributed by atoms with E-state index in [9.17, 15) is 5.11 Å². The lowest BCUT2D eigenvalue weighted by Gasteiger charge is -2.09. The van der Waals surface area contributed by atoms with Gasteiger partial charge in [-0.15, -0.1) is 0 Å². The molecule has 2 heteroatoms. The predicted molar refractivity (Wildman–Crippen MR) is 76.4 cm³/mol. The molecule has 0 atom stereocenters. The summed E-state index contributed by atoms with van der Waals surface area (Å²) in [7, 11) is 0. The van der Waals surface area contributed by atoms with Crippen molar-refractivity contribution in [2.45, 2.75) is 6.42 Å². The van der Waals surface area contributed by atoms with Crippen LogP contribution in [0.1, 0.15) is 16.7 Å². The van der Waals surface area contributed by atoms with Gasteiger partial charge in [0.25, 0.3) is 0 Å². The third kappa shape index (κ3) is 3.31. The third-order valence-electron chi connectivity index (χ3n) is 2.90. The molecule has 2 aromatic rings. The number of hydrogen-bond acceptors (Lipinski definition) is 2. The number of rotatable bonds is 4. The summed E-state index contributed by atoms with van der Waals surface area (Å²) >= 11 is 0. The van der Waals surface area contributed by atoms with E-state index in [1.54, 1.807) is 6.08 Å². The summed E-state index contributed by atoms with van der Waals surface area (Å²) in [5.41, 5.74) is 4.06. The van der Waals surface area contributed by atoms with Crippen LogP contribution in [0.4, 0.5) is 0 Å². The highest BCUT2D eigenvalue weighted by atomic mass is 16.2. The molecule has 0 aliphatic heterocycles. The standard InChI is InChI=1S/C17H15NO/c18-11-9-14-5-4-8-16(13-14)17(10-12-19)15-6-2-1-3-7-15/h1-8,10,13,19H,9,12H2. The fraction of sp³-hybridized carbons (Fsp3) is 0.118. The van der Waals surface area contributed by atoms with Crippen molar-refractivity contribution < 1.29 is 5.11 Å². The van der Waals surface area contributed by atoms with Crippen LogP contribution in [-0.2, 0) is 6.42 Å². The predicted octanol–water partition coefficient (Wildman–Crippen LogP) is 3.18. The van der Waals surface area contributed by atoms with Gasteiger partial charge in [-0.3, -0.25) is 0 Å². The number of nitrogens with zero attached hydrogens (tertiary/aromatic N) is 1. The molecule has 0 aromatic heterocycles. The Morgan fingerprint density at radius 3 is 2.47 bits per heavy atom. The number of hydrogen-bond donors (Lipinski definition) is 1. The lowest BCUT2D eigenvalue weighted by Crippen LogP contribution is -1.92. The van der Waals surface area contributed by atoms with Gasteiger partial charge in [-0.1, -0.05) is 60.7 Å². The van der Waals surface area contributed by atoms with Crippen LogP contribution < -0.4 is 0 Å². The van der Waals surface area contributed by atoms with Crippen molar-refractivity contribution in [2.75, 3.05) is 6.61 Å². The molecule has 2 rings (SSSR count). The first-order chi connectivity index (χ1) is 9.35. The van der Waals surface area contributed by atoms with Gasteiger partial charge in [-0.25, -0.2) is 0 Å². The summed E-state index contributed by atoms with van der Waals surface area (Å²) in [6, 6.07) is 20.0. The summed E-state index contributed by atoms with van der Waals surface area (Å²) in [5, 5.41) is 18.0. The van der Waals surface area contributed by atoms with E-state index >= 15 is 0 Å². The SMILES string of the molecule is N#CCc1cccc(C(=CCO)c2ccccc2)c1. The molecule has 0 saturated heterocycles. The average molecular weight is 249 g/mol. The maximum absolute atomic E-state index is 9.20. The molecule has 0 spiro atoms. The van der Waals surface area contributed by atoms with Gasteiger partial charge in [0.1, 0.15) is 0 Å². The molecular formula is C17H15NO. The Hall–Kier alpha value is -2.37. The molecule has 0 bridgehead atoms. The molecule has 0 unspecified atom stereocenters. The van der Waals surface area contributed by atoms with Gasteiger partial charge in [0.2, 0.25) is 0 Å². The second-order valence-electron chi connectivity index (χ2n) is 4.20. The highest BCUT2D eigenvalue weighted by Gasteiger charge is 2.05. The summed E-state index contributed by atoms with van der Waals surface area (Å²) in [4.78, 5) is 0. The molecule has 0 aliphatic rings. The molecule has 1 N–H and O–H groups in total. The number of nitriles is 1. The first-order valence-corrected chi connectivity index (χ1v) is 6.18. The van der Waals surface area contributed by atoms with Gasteiger partial charge in [-0.2, -0.15) is 5.26 Å². The van der Waals surface area contributed by atoms with Gasteiger partial charge in [0, 0.05) is 0 Å². The van der Waals surface area contributed by atoms with E-state index in [0.29, 0.717) is 6.42 Å². The normalized spacial score (nSPS) is 11.1. The van der Waals surface area contributed by atoms with Gasteiger partial charge in [0.15, 0.2) is 0 Å². The topological polar surface area (TPSA) is 44.0 Å². The van der Waals surface area contributed by atoms with E-state index in [4.69, 9.17) is 5.26 Å². The summed E-state index contributed by atoms with van der Waals surface area (Å²) in [6.45, 7) is -0.00724. The molecule has 0 amide bonds. The monoisotopic (exact) mass is 249 g/mol. The van der Waals surface area contributed by atoms with E-state index < -0.39 is 0 Å². The number of benzene rings is 2. The van der Waals surface area contributed by atoms with Crippen molar-refractivity contribution >= 4 is 5.57 Å². The Morgan fingerprint density at radius 1 is 1.05 bits per heavy atom. The summed E-state index contributed by atoms with van der Waals surface area (Å²) < 4.78 is 0. The Bertz CT molecular complexity index is 609. The molecular weight excluding hydrogens is 234 g/mol. The first-order valence-electron chi connectivity index (χ1n) is 6.18. The van der Waals surface area contributed by atoms with Crippen LogP contribution in [0, 0.1) is 11.3 Å². The van der Waals surface area contributed by atoms with Crippen LogP contribution in [0.2, 0.25) is 0 Å². The highest BCUT2D eigenvalue weighted by Crippen LogP contribution is 2.24. The van der Waals surface area contributed by atoms with Gasteiger partial charge in [-0.05, 0) is 22.3 Å². The average Bonchev–Trinajstić information content (AvgIpc) is 2.46. The van der Waals surface area contributed by atoms with E-state index in [2.05, 4.69) is 6.07 Å². The van der Waals surface area contributed by atoms with Crippen molar-refractivity contribution in [3.8, 4) is 6.07 Å². The minimum atomic E-state index is -0.00724. The van der Waals surface area contributed by atoms with E-state index in [1.807, 2.05) is 54.6 Å². The molecule has 0 heterocycles. The molecule has 0 fully saturated rings. The van der Waals surface area contributed by atoms with Crippen molar-refractivity contribution in [3.05, 3.63) is 77.4 Å². The Morgan fingerprint density at radius 2 is 1.79 bits per heavy atom. The third-order valence-corrected chi connectivity index (χ3v) is 2.90. The highest BCUT2D eigenvalue weighted by molar-refractivity contribution is 5.80. The van der Waals surface area contributed by atoms with Crippen molar-refractivity contribution in [1.82, 2.24) is 0 Å².